The van der Waals surface area contributed by atoms with Gasteiger partial charge in [-0.25, -0.2) is 9.37 Å². The summed E-state index contributed by atoms with van der Waals surface area (Å²) >= 11 is 1.35. The molecule has 0 aliphatic heterocycles. The van der Waals surface area contributed by atoms with Gasteiger partial charge in [0.05, 0.1) is 21.8 Å². The number of carboxylic acid groups (broad SMARTS) is 1. The van der Waals surface area contributed by atoms with Crippen LogP contribution in [0.5, 0.6) is 0 Å². The van der Waals surface area contributed by atoms with Gasteiger partial charge >= 0.3 is 5.97 Å². The van der Waals surface area contributed by atoms with Crippen LogP contribution >= 0.6 is 11.3 Å². The molecule has 1 saturated carbocycles. The number of nitrogens with zero attached hydrogens (tertiary/aromatic N) is 1. The number of aromatic nitrogens is 1. The van der Waals surface area contributed by atoms with Crippen molar-refractivity contribution in [3.63, 3.8) is 0 Å². The molecule has 0 spiro atoms. The standard InChI is InChI=1S/C28H24FN3O4S/c1-15(33)30-19-10-12-24-25(14-19)37-28(32-24)31-23-11-9-18(13-22(23)29)16-5-7-17(8-6-16)26(34)20-3-2-4-21(20)27(35)36/h5-14,20-21H,2-4H2,1H3,(H,30,33)(H,31,32)(H,35,36)/t20-,21?/m0/s1. The van der Waals surface area contributed by atoms with E-state index in [2.05, 4.69) is 15.6 Å². The summed E-state index contributed by atoms with van der Waals surface area (Å²) in [6, 6.07) is 17.1. The number of benzene rings is 3. The quantitative estimate of drug-likeness (QED) is 0.242. The van der Waals surface area contributed by atoms with Crippen LogP contribution in [0.1, 0.15) is 36.5 Å². The SMILES string of the molecule is CC(=O)Nc1ccc2nc(Nc3ccc(-c4ccc(C(=O)[C@H]5CCCC5C(=O)O)cc4)cc3F)sc2c1. The van der Waals surface area contributed by atoms with Crippen LogP contribution in [-0.2, 0) is 9.59 Å². The highest BCUT2D eigenvalue weighted by Crippen LogP contribution is 2.35. The molecule has 9 heteroatoms. The van der Waals surface area contributed by atoms with Gasteiger partial charge in [-0.15, -0.1) is 0 Å². The lowest BCUT2D eigenvalue weighted by Crippen LogP contribution is -2.25. The first-order valence-corrected chi connectivity index (χ1v) is 12.7. The van der Waals surface area contributed by atoms with Crippen molar-refractivity contribution in [2.24, 2.45) is 11.8 Å². The Balaban J connectivity index is 1.30. The van der Waals surface area contributed by atoms with Crippen LogP contribution in [0.4, 0.5) is 20.9 Å². The maximum atomic E-state index is 15.0. The van der Waals surface area contributed by atoms with E-state index >= 15 is 0 Å². The number of amides is 1. The van der Waals surface area contributed by atoms with Crippen LogP contribution in [0.15, 0.2) is 60.7 Å². The van der Waals surface area contributed by atoms with Gasteiger partial charge < -0.3 is 15.7 Å². The number of Topliss-reactive ketones (excluding diaryl/α,β-unsaturated/α-hetero) is 1. The van der Waals surface area contributed by atoms with Crippen molar-refractivity contribution >= 4 is 55.7 Å². The van der Waals surface area contributed by atoms with Crippen LogP contribution in [0.25, 0.3) is 21.3 Å². The van der Waals surface area contributed by atoms with Gasteiger partial charge in [-0.1, -0.05) is 48.1 Å². The molecule has 1 unspecified atom stereocenters. The number of thiazole rings is 1. The molecule has 188 valence electrons. The van der Waals surface area contributed by atoms with Gasteiger partial charge in [-0.2, -0.15) is 0 Å². The second kappa shape index (κ2) is 10.1. The number of carbonyl (C=O) groups is 3. The lowest BCUT2D eigenvalue weighted by Gasteiger charge is -2.15. The zero-order valence-electron chi connectivity index (χ0n) is 20.0. The zero-order valence-corrected chi connectivity index (χ0v) is 20.8. The first kappa shape index (κ1) is 24.6. The van der Waals surface area contributed by atoms with Gasteiger partial charge in [-0.05, 0) is 54.3 Å². The highest BCUT2D eigenvalue weighted by molar-refractivity contribution is 7.22. The van der Waals surface area contributed by atoms with E-state index in [1.165, 1.54) is 24.3 Å². The van der Waals surface area contributed by atoms with Crippen LogP contribution in [-0.4, -0.2) is 27.8 Å². The molecule has 7 nitrogen and oxygen atoms in total. The van der Waals surface area contributed by atoms with E-state index in [9.17, 15) is 23.9 Å². The van der Waals surface area contributed by atoms with Gasteiger partial charge in [0.25, 0.3) is 0 Å². The Kier molecular flexibility index (Phi) is 6.71. The predicted molar refractivity (Wildman–Crippen MR) is 142 cm³/mol. The first-order chi connectivity index (χ1) is 17.8. The molecule has 3 aromatic carbocycles. The molecule has 37 heavy (non-hydrogen) atoms. The topological polar surface area (TPSA) is 108 Å². The fraction of sp³-hybridized carbons (Fsp3) is 0.214. The minimum absolute atomic E-state index is 0.151. The third-order valence-electron chi connectivity index (χ3n) is 6.59. The Morgan fingerprint density at radius 2 is 1.70 bits per heavy atom. The summed E-state index contributed by atoms with van der Waals surface area (Å²) < 4.78 is 15.8. The van der Waals surface area contributed by atoms with Crippen molar-refractivity contribution in [1.82, 2.24) is 4.98 Å². The fourth-order valence-electron chi connectivity index (χ4n) is 4.78. The second-order valence-corrected chi connectivity index (χ2v) is 10.2. The van der Waals surface area contributed by atoms with Gasteiger partial charge in [-0.3, -0.25) is 14.4 Å². The van der Waals surface area contributed by atoms with E-state index < -0.39 is 23.6 Å². The van der Waals surface area contributed by atoms with E-state index in [0.29, 0.717) is 34.8 Å². The average molecular weight is 518 g/mol. The Bertz CT molecular complexity index is 1520. The number of rotatable bonds is 7. The van der Waals surface area contributed by atoms with Gasteiger partial charge in [0, 0.05) is 24.1 Å². The molecule has 0 saturated heterocycles. The molecule has 5 rings (SSSR count). The van der Waals surface area contributed by atoms with Crippen LogP contribution in [0, 0.1) is 17.7 Å². The Morgan fingerprint density at radius 1 is 0.973 bits per heavy atom. The largest absolute Gasteiger partial charge is 0.481 e. The molecule has 1 fully saturated rings. The van der Waals surface area contributed by atoms with E-state index in [1.54, 1.807) is 48.5 Å². The maximum Gasteiger partial charge on any atom is 0.307 e. The Hall–Kier alpha value is -4.11. The number of hydrogen-bond donors (Lipinski definition) is 3. The zero-order chi connectivity index (χ0) is 26.1. The van der Waals surface area contributed by atoms with Crippen LogP contribution < -0.4 is 10.6 Å². The average Bonchev–Trinajstić information content (AvgIpc) is 3.51. The number of ketones is 1. The number of carboxylic acids is 1. The minimum atomic E-state index is -0.919. The first-order valence-electron chi connectivity index (χ1n) is 11.9. The highest BCUT2D eigenvalue weighted by atomic mass is 32.1. The molecule has 1 aliphatic rings. The van der Waals surface area contributed by atoms with E-state index in [4.69, 9.17) is 0 Å². The summed E-state index contributed by atoms with van der Waals surface area (Å²) in [4.78, 5) is 40.1. The summed E-state index contributed by atoms with van der Waals surface area (Å²) in [5, 5.41) is 15.7. The van der Waals surface area contributed by atoms with Crippen molar-refractivity contribution in [1.29, 1.82) is 0 Å². The van der Waals surface area contributed by atoms with Crippen molar-refractivity contribution in [2.45, 2.75) is 26.2 Å². The summed E-state index contributed by atoms with van der Waals surface area (Å²) in [5.74, 6) is -2.81. The molecule has 1 heterocycles. The van der Waals surface area contributed by atoms with E-state index in [1.807, 2.05) is 6.07 Å². The number of halogens is 1. The van der Waals surface area contributed by atoms with Crippen molar-refractivity contribution < 1.29 is 23.9 Å². The van der Waals surface area contributed by atoms with Gasteiger partial charge in [0.2, 0.25) is 5.91 Å². The van der Waals surface area contributed by atoms with Crippen molar-refractivity contribution in [3.8, 4) is 11.1 Å². The molecule has 1 aromatic heterocycles. The molecule has 1 amide bonds. The predicted octanol–water partition coefficient (Wildman–Crippen LogP) is 6.49. The number of hydrogen-bond acceptors (Lipinski definition) is 6. The lowest BCUT2D eigenvalue weighted by molar-refractivity contribution is -0.142. The summed E-state index contributed by atoms with van der Waals surface area (Å²) in [7, 11) is 0. The van der Waals surface area contributed by atoms with Crippen molar-refractivity contribution in [2.75, 3.05) is 10.6 Å². The number of aliphatic carboxylic acids is 1. The number of anilines is 3. The molecular formula is C28H24FN3O4S. The number of carbonyl (C=O) groups excluding carboxylic acids is 2. The molecule has 4 aromatic rings. The number of fused-ring (bicyclic) bond motifs is 1. The molecule has 0 radical (unpaired) electrons. The maximum absolute atomic E-state index is 15.0. The van der Waals surface area contributed by atoms with Gasteiger partial charge in [0.1, 0.15) is 5.82 Å². The molecule has 0 bridgehead atoms. The number of nitrogens with one attached hydrogen (secondary N) is 2. The summed E-state index contributed by atoms with van der Waals surface area (Å²) in [6.07, 6.45) is 1.85. The molecule has 3 N–H and O–H groups in total. The highest BCUT2D eigenvalue weighted by Gasteiger charge is 2.37. The van der Waals surface area contributed by atoms with Crippen LogP contribution in [0.2, 0.25) is 0 Å². The fourth-order valence-corrected chi connectivity index (χ4v) is 5.70. The van der Waals surface area contributed by atoms with Gasteiger partial charge in [0.15, 0.2) is 10.9 Å². The van der Waals surface area contributed by atoms with E-state index in [-0.39, 0.29) is 17.4 Å². The normalized spacial score (nSPS) is 17.0. The third-order valence-corrected chi connectivity index (χ3v) is 7.53. The monoisotopic (exact) mass is 517 g/mol. The second-order valence-electron chi connectivity index (χ2n) is 9.13. The minimum Gasteiger partial charge on any atom is -0.481 e. The molecule has 2 atom stereocenters. The lowest BCUT2D eigenvalue weighted by atomic mass is 9.88. The third kappa shape index (κ3) is 5.22. The summed E-state index contributed by atoms with van der Waals surface area (Å²) in [6.45, 7) is 1.44. The molecular weight excluding hydrogens is 493 g/mol. The van der Waals surface area contributed by atoms with Crippen LogP contribution in [0.3, 0.4) is 0 Å². The van der Waals surface area contributed by atoms with Crippen molar-refractivity contribution in [3.05, 3.63) is 72.0 Å². The molecule has 1 aliphatic carbocycles. The smallest absolute Gasteiger partial charge is 0.307 e. The summed E-state index contributed by atoms with van der Waals surface area (Å²) in [5.41, 5.74) is 3.55. The Labute approximate surface area is 216 Å². The van der Waals surface area contributed by atoms with E-state index in [0.717, 1.165) is 22.2 Å². The Morgan fingerprint density at radius 3 is 2.41 bits per heavy atom.